The summed E-state index contributed by atoms with van der Waals surface area (Å²) in [7, 11) is 1.58. The molecule has 0 spiro atoms. The number of methoxy groups -OCH3 is 1. The number of hydrogen-bond donors (Lipinski definition) is 1. The van der Waals surface area contributed by atoms with Crippen molar-refractivity contribution in [2.24, 2.45) is 5.92 Å². The molecule has 0 radical (unpaired) electrons. The fraction of sp³-hybridized carbons (Fsp3) is 0.417. The van der Waals surface area contributed by atoms with Gasteiger partial charge in [-0.3, -0.25) is 0 Å². The first kappa shape index (κ1) is 12.3. The van der Waals surface area contributed by atoms with Gasteiger partial charge in [-0.05, 0) is 18.6 Å². The van der Waals surface area contributed by atoms with Crippen molar-refractivity contribution in [2.75, 3.05) is 20.3 Å². The van der Waals surface area contributed by atoms with E-state index in [0.717, 1.165) is 0 Å². The molecule has 0 aromatic heterocycles. The smallest absolute Gasteiger partial charge is 0.161 e. The largest absolute Gasteiger partial charge is 0.493 e. The van der Waals surface area contributed by atoms with Crippen LogP contribution >= 0.6 is 0 Å². The maximum atomic E-state index is 8.82. The fourth-order valence-corrected chi connectivity index (χ4v) is 1.25. The predicted octanol–water partition coefficient (Wildman–Crippen LogP) is 1.60. The van der Waals surface area contributed by atoms with E-state index >= 15 is 0 Å². The first-order chi connectivity index (χ1) is 7.81. The Hall–Kier alpha value is -1.73. The lowest BCUT2D eigenvalue weighted by Gasteiger charge is -2.11. The Morgan fingerprint density at radius 1 is 1.38 bits per heavy atom. The highest BCUT2D eigenvalue weighted by Gasteiger charge is 2.07. The van der Waals surface area contributed by atoms with Gasteiger partial charge in [-0.25, -0.2) is 0 Å². The number of aliphatic hydroxyl groups is 1. The molecule has 0 aliphatic rings. The number of rotatable bonds is 6. The van der Waals surface area contributed by atoms with Crippen LogP contribution in [-0.2, 0) is 0 Å². The molecule has 0 amide bonds. The van der Waals surface area contributed by atoms with Gasteiger partial charge in [0.2, 0.25) is 0 Å². The molecule has 4 nitrogen and oxygen atoms in total. The highest BCUT2D eigenvalue weighted by Crippen LogP contribution is 2.25. The van der Waals surface area contributed by atoms with Crippen LogP contribution in [0.4, 0.5) is 0 Å². The van der Waals surface area contributed by atoms with Gasteiger partial charge in [-0.15, -0.1) is 0 Å². The third-order valence-electron chi connectivity index (χ3n) is 2.20. The van der Waals surface area contributed by atoms with Crippen molar-refractivity contribution in [1.29, 1.82) is 5.26 Å². The minimum atomic E-state index is -0.366. The maximum absolute atomic E-state index is 8.82. The standard InChI is InChI=1S/C12H15NO3/c1-15-11-4-2-3-5-12(11)16-7-6-10(8-13)9-14/h2-5,10,14H,6-7,9H2,1H3. The number of hydrogen-bond acceptors (Lipinski definition) is 4. The van der Waals surface area contributed by atoms with Gasteiger partial charge in [0.15, 0.2) is 11.5 Å². The number of benzene rings is 1. The Labute approximate surface area is 95.0 Å². The molecule has 1 aromatic rings. The highest BCUT2D eigenvalue weighted by atomic mass is 16.5. The quantitative estimate of drug-likeness (QED) is 0.792. The summed E-state index contributed by atoms with van der Waals surface area (Å²) in [5.41, 5.74) is 0. The van der Waals surface area contributed by atoms with Crippen LogP contribution in [0.1, 0.15) is 6.42 Å². The monoisotopic (exact) mass is 221 g/mol. The summed E-state index contributed by atoms with van der Waals surface area (Å²) in [5, 5.41) is 17.5. The van der Waals surface area contributed by atoms with E-state index in [1.165, 1.54) is 0 Å². The molecular formula is C12H15NO3. The molecule has 0 saturated carbocycles. The second-order valence-corrected chi connectivity index (χ2v) is 3.30. The van der Waals surface area contributed by atoms with E-state index in [0.29, 0.717) is 24.5 Å². The number of para-hydroxylation sites is 2. The zero-order valence-electron chi connectivity index (χ0n) is 9.22. The third kappa shape index (κ3) is 3.44. The van der Waals surface area contributed by atoms with Gasteiger partial charge in [-0.2, -0.15) is 5.26 Å². The van der Waals surface area contributed by atoms with Crippen LogP contribution in [-0.4, -0.2) is 25.4 Å². The Kier molecular flexibility index (Phi) is 5.17. The Morgan fingerprint density at radius 3 is 2.62 bits per heavy atom. The van der Waals surface area contributed by atoms with Gasteiger partial charge in [0.05, 0.1) is 32.3 Å². The Bertz CT molecular complexity index is 360. The van der Waals surface area contributed by atoms with Crippen LogP contribution in [0.3, 0.4) is 0 Å². The topological polar surface area (TPSA) is 62.5 Å². The van der Waals surface area contributed by atoms with Crippen LogP contribution in [0.15, 0.2) is 24.3 Å². The average Bonchev–Trinajstić information content (AvgIpc) is 2.35. The van der Waals surface area contributed by atoms with Crippen LogP contribution in [0.25, 0.3) is 0 Å². The van der Waals surface area contributed by atoms with E-state index in [1.807, 2.05) is 24.3 Å². The van der Waals surface area contributed by atoms with Crippen molar-refractivity contribution >= 4 is 0 Å². The Balaban J connectivity index is 2.46. The molecular weight excluding hydrogens is 206 g/mol. The lowest BCUT2D eigenvalue weighted by Crippen LogP contribution is -2.09. The van der Waals surface area contributed by atoms with Crippen molar-refractivity contribution < 1.29 is 14.6 Å². The highest BCUT2D eigenvalue weighted by molar-refractivity contribution is 5.39. The van der Waals surface area contributed by atoms with Crippen molar-refractivity contribution in [2.45, 2.75) is 6.42 Å². The summed E-state index contributed by atoms with van der Waals surface area (Å²) >= 11 is 0. The molecule has 4 heteroatoms. The van der Waals surface area contributed by atoms with Gasteiger partial charge >= 0.3 is 0 Å². The summed E-state index contributed by atoms with van der Waals surface area (Å²) < 4.78 is 10.6. The normalized spacial score (nSPS) is 11.6. The average molecular weight is 221 g/mol. The number of nitriles is 1. The minimum Gasteiger partial charge on any atom is -0.493 e. The molecule has 0 bridgehead atoms. The molecule has 1 rings (SSSR count). The van der Waals surface area contributed by atoms with Gasteiger partial charge in [0, 0.05) is 0 Å². The van der Waals surface area contributed by atoms with Crippen LogP contribution in [0.5, 0.6) is 11.5 Å². The summed E-state index contributed by atoms with van der Waals surface area (Å²) in [6.45, 7) is 0.255. The Morgan fingerprint density at radius 2 is 2.06 bits per heavy atom. The minimum absolute atomic E-state index is 0.133. The predicted molar refractivity (Wildman–Crippen MR) is 59.3 cm³/mol. The van der Waals surface area contributed by atoms with Crippen molar-refractivity contribution in [3.63, 3.8) is 0 Å². The molecule has 1 aromatic carbocycles. The van der Waals surface area contributed by atoms with Gasteiger partial charge in [-0.1, -0.05) is 12.1 Å². The van der Waals surface area contributed by atoms with Gasteiger partial charge in [0.1, 0.15) is 0 Å². The molecule has 1 atom stereocenters. The summed E-state index contributed by atoms with van der Waals surface area (Å²) in [5.74, 6) is 0.953. The molecule has 0 fully saturated rings. The number of nitrogens with zero attached hydrogens (tertiary/aromatic N) is 1. The van der Waals surface area contributed by atoms with E-state index in [1.54, 1.807) is 13.2 Å². The van der Waals surface area contributed by atoms with Crippen molar-refractivity contribution in [3.05, 3.63) is 24.3 Å². The van der Waals surface area contributed by atoms with E-state index in [9.17, 15) is 0 Å². The zero-order chi connectivity index (χ0) is 11.8. The van der Waals surface area contributed by atoms with Crippen molar-refractivity contribution in [3.8, 4) is 17.6 Å². The third-order valence-corrected chi connectivity index (χ3v) is 2.20. The van der Waals surface area contributed by atoms with Crippen molar-refractivity contribution in [1.82, 2.24) is 0 Å². The lowest BCUT2D eigenvalue weighted by molar-refractivity contribution is 0.217. The van der Waals surface area contributed by atoms with Crippen LogP contribution in [0, 0.1) is 17.2 Å². The van der Waals surface area contributed by atoms with E-state index in [-0.39, 0.29) is 12.5 Å². The lowest BCUT2D eigenvalue weighted by atomic mass is 10.1. The molecule has 0 saturated heterocycles. The first-order valence-corrected chi connectivity index (χ1v) is 5.08. The van der Waals surface area contributed by atoms with E-state index < -0.39 is 0 Å². The molecule has 0 heterocycles. The van der Waals surface area contributed by atoms with E-state index in [4.69, 9.17) is 19.8 Å². The first-order valence-electron chi connectivity index (χ1n) is 5.08. The summed E-state index contributed by atoms with van der Waals surface area (Å²) in [4.78, 5) is 0. The summed E-state index contributed by atoms with van der Waals surface area (Å²) in [6.07, 6.45) is 0.505. The van der Waals surface area contributed by atoms with E-state index in [2.05, 4.69) is 0 Å². The van der Waals surface area contributed by atoms with Crippen LogP contribution < -0.4 is 9.47 Å². The molecule has 16 heavy (non-hydrogen) atoms. The number of ether oxygens (including phenoxy) is 2. The van der Waals surface area contributed by atoms with Gasteiger partial charge < -0.3 is 14.6 Å². The fourth-order valence-electron chi connectivity index (χ4n) is 1.25. The molecule has 1 N–H and O–H groups in total. The second kappa shape index (κ2) is 6.70. The molecule has 0 aliphatic carbocycles. The maximum Gasteiger partial charge on any atom is 0.161 e. The number of aliphatic hydroxyl groups excluding tert-OH is 1. The molecule has 0 aliphatic heterocycles. The molecule has 1 unspecified atom stereocenters. The summed E-state index contributed by atoms with van der Waals surface area (Å²) in [6, 6.07) is 9.33. The molecule has 86 valence electrons. The van der Waals surface area contributed by atoms with Gasteiger partial charge in [0.25, 0.3) is 0 Å². The SMILES string of the molecule is COc1ccccc1OCCC(C#N)CO. The second-order valence-electron chi connectivity index (χ2n) is 3.30. The zero-order valence-corrected chi connectivity index (χ0v) is 9.22. The van der Waals surface area contributed by atoms with Crippen LogP contribution in [0.2, 0.25) is 0 Å².